The van der Waals surface area contributed by atoms with Gasteiger partial charge in [0.2, 0.25) is 0 Å². The molecule has 0 aliphatic rings. The first kappa shape index (κ1) is 12.4. The molecule has 2 rings (SSSR count). The van der Waals surface area contributed by atoms with Crippen LogP contribution in [0.1, 0.15) is 34.2 Å². The number of ketones is 1. The summed E-state index contributed by atoms with van der Waals surface area (Å²) in [6.45, 7) is 3.89. The summed E-state index contributed by atoms with van der Waals surface area (Å²) >= 11 is 0. The lowest BCUT2D eigenvalue weighted by molar-refractivity contribution is 0.103. The number of aryl methyl sites for hydroxylation is 2. The van der Waals surface area contributed by atoms with Gasteiger partial charge in [0.05, 0.1) is 18.9 Å². The average molecular weight is 244 g/mol. The van der Waals surface area contributed by atoms with E-state index in [1.165, 1.54) is 0 Å². The van der Waals surface area contributed by atoms with Crippen molar-refractivity contribution in [2.75, 3.05) is 7.11 Å². The number of carbonyl (C=O) groups is 1. The minimum atomic E-state index is -0.00801. The molecule has 0 bridgehead atoms. The van der Waals surface area contributed by atoms with Gasteiger partial charge in [0.15, 0.2) is 5.78 Å². The molecule has 0 spiro atoms. The van der Waals surface area contributed by atoms with E-state index in [9.17, 15) is 4.79 Å². The van der Waals surface area contributed by atoms with Gasteiger partial charge in [-0.2, -0.15) is 0 Å². The SMILES string of the molecule is CCc1occc1C(=O)c1ccc(OC)c(C)c1. The third-order valence-electron chi connectivity index (χ3n) is 2.97. The number of methoxy groups -OCH3 is 1. The van der Waals surface area contributed by atoms with Crippen LogP contribution < -0.4 is 4.74 Å². The molecule has 2 aromatic rings. The second-order valence-corrected chi connectivity index (χ2v) is 4.12. The second kappa shape index (κ2) is 5.08. The van der Waals surface area contributed by atoms with Gasteiger partial charge in [0, 0.05) is 12.0 Å². The normalized spacial score (nSPS) is 10.4. The van der Waals surface area contributed by atoms with Gasteiger partial charge in [-0.05, 0) is 36.8 Å². The fraction of sp³-hybridized carbons (Fsp3) is 0.267. The molecule has 1 aromatic carbocycles. The van der Waals surface area contributed by atoms with Crippen molar-refractivity contribution in [3.8, 4) is 5.75 Å². The second-order valence-electron chi connectivity index (χ2n) is 4.12. The molecule has 0 fully saturated rings. The van der Waals surface area contributed by atoms with Gasteiger partial charge < -0.3 is 9.15 Å². The third kappa shape index (κ3) is 2.16. The molecule has 18 heavy (non-hydrogen) atoms. The Balaban J connectivity index is 2.37. The molecule has 94 valence electrons. The van der Waals surface area contributed by atoms with Gasteiger partial charge >= 0.3 is 0 Å². The lowest BCUT2D eigenvalue weighted by atomic mass is 10.0. The molecule has 0 unspecified atom stereocenters. The number of carbonyl (C=O) groups excluding carboxylic acids is 1. The van der Waals surface area contributed by atoms with E-state index in [0.717, 1.165) is 17.1 Å². The Kier molecular flexibility index (Phi) is 3.51. The quantitative estimate of drug-likeness (QED) is 0.774. The smallest absolute Gasteiger partial charge is 0.196 e. The van der Waals surface area contributed by atoms with Gasteiger partial charge in [-0.25, -0.2) is 0 Å². The fourth-order valence-corrected chi connectivity index (χ4v) is 1.99. The molecule has 1 heterocycles. The fourth-order valence-electron chi connectivity index (χ4n) is 1.99. The zero-order chi connectivity index (χ0) is 13.1. The van der Waals surface area contributed by atoms with Crippen LogP contribution in [0.5, 0.6) is 5.75 Å². The maximum Gasteiger partial charge on any atom is 0.196 e. The summed E-state index contributed by atoms with van der Waals surface area (Å²) in [6, 6.07) is 7.16. The van der Waals surface area contributed by atoms with E-state index >= 15 is 0 Å². The van der Waals surface area contributed by atoms with Gasteiger partial charge in [0.25, 0.3) is 0 Å². The van der Waals surface area contributed by atoms with Crippen molar-refractivity contribution in [2.45, 2.75) is 20.3 Å². The molecule has 0 saturated carbocycles. The van der Waals surface area contributed by atoms with Crippen molar-refractivity contribution in [1.82, 2.24) is 0 Å². The molecular weight excluding hydrogens is 228 g/mol. The zero-order valence-corrected chi connectivity index (χ0v) is 10.8. The average Bonchev–Trinajstić information content (AvgIpc) is 2.86. The van der Waals surface area contributed by atoms with Gasteiger partial charge in [0.1, 0.15) is 11.5 Å². The Hall–Kier alpha value is -2.03. The van der Waals surface area contributed by atoms with Crippen LogP contribution in [0.25, 0.3) is 0 Å². The minimum Gasteiger partial charge on any atom is -0.496 e. The molecular formula is C15H16O3. The first-order valence-electron chi connectivity index (χ1n) is 5.93. The molecule has 0 aliphatic heterocycles. The van der Waals surface area contributed by atoms with Gasteiger partial charge in [-0.1, -0.05) is 6.92 Å². The van der Waals surface area contributed by atoms with Crippen LogP contribution in [0.2, 0.25) is 0 Å². The van der Waals surface area contributed by atoms with E-state index in [1.807, 2.05) is 26.0 Å². The number of hydrogen-bond acceptors (Lipinski definition) is 3. The molecule has 1 aromatic heterocycles. The predicted molar refractivity (Wildman–Crippen MR) is 69.2 cm³/mol. The summed E-state index contributed by atoms with van der Waals surface area (Å²) < 4.78 is 10.5. The van der Waals surface area contributed by atoms with Crippen molar-refractivity contribution >= 4 is 5.78 Å². The molecule has 0 N–H and O–H groups in total. The van der Waals surface area contributed by atoms with Crippen LogP contribution in [0, 0.1) is 6.92 Å². The standard InChI is InChI=1S/C15H16O3/c1-4-13-12(7-8-18-13)15(16)11-5-6-14(17-3)10(2)9-11/h5-9H,4H2,1-3H3. The largest absolute Gasteiger partial charge is 0.496 e. The van der Waals surface area contributed by atoms with Crippen molar-refractivity contribution in [3.63, 3.8) is 0 Å². The van der Waals surface area contributed by atoms with Gasteiger partial charge in [-0.3, -0.25) is 4.79 Å². The summed E-state index contributed by atoms with van der Waals surface area (Å²) in [7, 11) is 1.62. The highest BCUT2D eigenvalue weighted by Gasteiger charge is 2.16. The Morgan fingerprint density at radius 1 is 1.33 bits per heavy atom. The first-order valence-corrected chi connectivity index (χ1v) is 5.93. The Bertz CT molecular complexity index is 567. The maximum absolute atomic E-state index is 12.3. The molecule has 0 saturated heterocycles. The predicted octanol–water partition coefficient (Wildman–Crippen LogP) is 3.39. The summed E-state index contributed by atoms with van der Waals surface area (Å²) in [5.41, 5.74) is 2.25. The lowest BCUT2D eigenvalue weighted by Crippen LogP contribution is -2.03. The van der Waals surface area contributed by atoms with E-state index in [2.05, 4.69) is 0 Å². The van der Waals surface area contributed by atoms with Gasteiger partial charge in [-0.15, -0.1) is 0 Å². The summed E-state index contributed by atoms with van der Waals surface area (Å²) in [5.74, 6) is 1.51. The highest BCUT2D eigenvalue weighted by Crippen LogP contribution is 2.22. The van der Waals surface area contributed by atoms with E-state index in [4.69, 9.17) is 9.15 Å². The monoisotopic (exact) mass is 244 g/mol. The molecule has 0 aliphatic carbocycles. The van der Waals surface area contributed by atoms with Crippen molar-refractivity contribution in [1.29, 1.82) is 0 Å². The lowest BCUT2D eigenvalue weighted by Gasteiger charge is -2.06. The van der Waals surface area contributed by atoms with Crippen molar-refractivity contribution in [2.24, 2.45) is 0 Å². The van der Waals surface area contributed by atoms with E-state index in [1.54, 1.807) is 25.5 Å². The highest BCUT2D eigenvalue weighted by molar-refractivity contribution is 6.09. The van der Waals surface area contributed by atoms with E-state index in [0.29, 0.717) is 17.5 Å². The number of benzene rings is 1. The van der Waals surface area contributed by atoms with Crippen LogP contribution in [0.15, 0.2) is 34.9 Å². The number of rotatable bonds is 4. The summed E-state index contributed by atoms with van der Waals surface area (Å²) in [4.78, 5) is 12.3. The number of hydrogen-bond donors (Lipinski definition) is 0. The van der Waals surface area contributed by atoms with Crippen LogP contribution in [0.3, 0.4) is 0 Å². The summed E-state index contributed by atoms with van der Waals surface area (Å²) in [6.07, 6.45) is 2.27. The van der Waals surface area contributed by atoms with Crippen LogP contribution in [0.4, 0.5) is 0 Å². The Morgan fingerprint density at radius 2 is 2.11 bits per heavy atom. The maximum atomic E-state index is 12.3. The molecule has 0 radical (unpaired) electrons. The van der Waals surface area contributed by atoms with Crippen LogP contribution in [-0.4, -0.2) is 12.9 Å². The zero-order valence-electron chi connectivity index (χ0n) is 10.8. The minimum absolute atomic E-state index is 0.00801. The Morgan fingerprint density at radius 3 is 2.72 bits per heavy atom. The molecule has 3 nitrogen and oxygen atoms in total. The van der Waals surface area contributed by atoms with E-state index < -0.39 is 0 Å². The first-order chi connectivity index (χ1) is 8.67. The summed E-state index contributed by atoms with van der Waals surface area (Å²) in [5, 5.41) is 0. The Labute approximate surface area is 106 Å². The molecule has 0 atom stereocenters. The van der Waals surface area contributed by atoms with Crippen molar-refractivity contribution in [3.05, 3.63) is 53.0 Å². The van der Waals surface area contributed by atoms with E-state index in [-0.39, 0.29) is 5.78 Å². The number of ether oxygens (including phenoxy) is 1. The topological polar surface area (TPSA) is 39.4 Å². The third-order valence-corrected chi connectivity index (χ3v) is 2.97. The van der Waals surface area contributed by atoms with Crippen LogP contribution in [-0.2, 0) is 6.42 Å². The highest BCUT2D eigenvalue weighted by atomic mass is 16.5. The molecule has 3 heteroatoms. The van der Waals surface area contributed by atoms with Crippen LogP contribution >= 0.6 is 0 Å². The van der Waals surface area contributed by atoms with Crippen molar-refractivity contribution < 1.29 is 13.9 Å². The molecule has 0 amide bonds. The number of furan rings is 1.